The van der Waals surface area contributed by atoms with Crippen LogP contribution >= 0.6 is 0 Å². The molecule has 2 saturated carbocycles. The predicted molar refractivity (Wildman–Crippen MR) is 86.3 cm³/mol. The maximum atomic E-state index is 10.4. The van der Waals surface area contributed by atoms with Crippen molar-refractivity contribution in [2.75, 3.05) is 0 Å². The van der Waals surface area contributed by atoms with Gasteiger partial charge in [0.2, 0.25) is 0 Å². The van der Waals surface area contributed by atoms with Gasteiger partial charge in [-0.3, -0.25) is 0 Å². The van der Waals surface area contributed by atoms with Crippen molar-refractivity contribution in [1.82, 2.24) is 0 Å². The van der Waals surface area contributed by atoms with E-state index >= 15 is 0 Å². The Kier molecular flexibility index (Phi) is 5.27. The number of aliphatic hydroxyl groups excluding tert-OH is 1. The summed E-state index contributed by atoms with van der Waals surface area (Å²) in [4.78, 5) is 0. The molecule has 2 heteroatoms. The van der Waals surface area contributed by atoms with Crippen LogP contribution in [0.25, 0.3) is 0 Å². The summed E-state index contributed by atoms with van der Waals surface area (Å²) in [5.74, 6) is 1.35. The molecule has 1 aliphatic heterocycles. The monoisotopic (exact) mass is 294 g/mol. The molecule has 3 aliphatic rings. The minimum absolute atomic E-state index is 0.0652. The Labute approximate surface area is 130 Å². The van der Waals surface area contributed by atoms with E-state index in [1.807, 2.05) is 0 Å². The number of rotatable bonds is 4. The molecule has 0 amide bonds. The highest BCUT2D eigenvalue weighted by Crippen LogP contribution is 2.45. The fourth-order valence-corrected chi connectivity index (χ4v) is 5.23. The van der Waals surface area contributed by atoms with Crippen LogP contribution in [0.4, 0.5) is 0 Å². The lowest BCUT2D eigenvalue weighted by molar-refractivity contribution is -0.0801. The molecule has 2 nitrogen and oxygen atoms in total. The van der Waals surface area contributed by atoms with Crippen molar-refractivity contribution in [3.05, 3.63) is 0 Å². The molecule has 21 heavy (non-hydrogen) atoms. The molecule has 4 atom stereocenters. The molecular weight excluding hydrogens is 260 g/mol. The van der Waals surface area contributed by atoms with Gasteiger partial charge in [-0.1, -0.05) is 39.0 Å². The zero-order valence-corrected chi connectivity index (χ0v) is 13.9. The minimum atomic E-state index is -0.0652. The third-order valence-corrected chi connectivity index (χ3v) is 6.42. The molecule has 3 rings (SSSR count). The summed E-state index contributed by atoms with van der Waals surface area (Å²) in [5, 5.41) is 10.4. The molecule has 1 N–H and O–H groups in total. The van der Waals surface area contributed by atoms with Crippen LogP contribution in [0.15, 0.2) is 0 Å². The van der Waals surface area contributed by atoms with E-state index < -0.39 is 0 Å². The fourth-order valence-electron chi connectivity index (χ4n) is 5.23. The van der Waals surface area contributed by atoms with E-state index in [4.69, 9.17) is 4.74 Å². The molecule has 1 heterocycles. The second kappa shape index (κ2) is 7.00. The minimum Gasteiger partial charge on any atom is -0.393 e. The Morgan fingerprint density at radius 2 is 1.86 bits per heavy atom. The summed E-state index contributed by atoms with van der Waals surface area (Å²) in [7, 11) is 0. The Morgan fingerprint density at radius 3 is 2.62 bits per heavy atom. The molecule has 0 bridgehead atoms. The molecule has 4 unspecified atom stereocenters. The standard InChI is InChI=1S/C19H34O2/c1-2-6-15-7-8-18(20)16(13-15)14-17-9-12-19(21-17)10-4-3-5-11-19/h15-18,20H,2-14H2,1H3. The zero-order valence-electron chi connectivity index (χ0n) is 13.9. The van der Waals surface area contributed by atoms with Crippen LogP contribution in [-0.4, -0.2) is 22.9 Å². The summed E-state index contributed by atoms with van der Waals surface area (Å²) >= 11 is 0. The average Bonchev–Trinajstić information content (AvgIpc) is 2.86. The smallest absolute Gasteiger partial charge is 0.0687 e. The number of hydrogen-bond acceptors (Lipinski definition) is 2. The van der Waals surface area contributed by atoms with Crippen molar-refractivity contribution < 1.29 is 9.84 Å². The second-order valence-electron chi connectivity index (χ2n) is 8.05. The van der Waals surface area contributed by atoms with Gasteiger partial charge in [-0.2, -0.15) is 0 Å². The van der Waals surface area contributed by atoms with Gasteiger partial charge in [-0.25, -0.2) is 0 Å². The third kappa shape index (κ3) is 3.82. The molecule has 0 aromatic heterocycles. The zero-order chi connectivity index (χ0) is 14.7. The van der Waals surface area contributed by atoms with Crippen LogP contribution in [0, 0.1) is 11.8 Å². The van der Waals surface area contributed by atoms with E-state index in [2.05, 4.69) is 6.92 Å². The van der Waals surface area contributed by atoms with Crippen molar-refractivity contribution in [1.29, 1.82) is 0 Å². The first-order chi connectivity index (χ1) is 10.2. The lowest BCUT2D eigenvalue weighted by atomic mass is 9.75. The molecule has 1 spiro atoms. The van der Waals surface area contributed by atoms with E-state index in [1.165, 1.54) is 70.6 Å². The summed E-state index contributed by atoms with van der Waals surface area (Å²) in [6, 6.07) is 0. The van der Waals surface area contributed by atoms with Gasteiger partial charge in [0.1, 0.15) is 0 Å². The van der Waals surface area contributed by atoms with Gasteiger partial charge < -0.3 is 9.84 Å². The van der Waals surface area contributed by atoms with Crippen molar-refractivity contribution in [2.24, 2.45) is 11.8 Å². The van der Waals surface area contributed by atoms with Crippen LogP contribution in [0.3, 0.4) is 0 Å². The van der Waals surface area contributed by atoms with Gasteiger partial charge in [-0.15, -0.1) is 0 Å². The van der Waals surface area contributed by atoms with Crippen LogP contribution < -0.4 is 0 Å². The van der Waals surface area contributed by atoms with Crippen molar-refractivity contribution in [3.63, 3.8) is 0 Å². The molecule has 0 aromatic carbocycles. The van der Waals surface area contributed by atoms with Crippen LogP contribution in [0.1, 0.15) is 90.4 Å². The highest BCUT2D eigenvalue weighted by molar-refractivity contribution is 4.93. The Balaban J connectivity index is 1.51. The van der Waals surface area contributed by atoms with E-state index in [-0.39, 0.29) is 11.7 Å². The predicted octanol–water partition coefficient (Wildman–Crippen LogP) is 4.84. The van der Waals surface area contributed by atoms with Crippen LogP contribution in [0.5, 0.6) is 0 Å². The highest BCUT2D eigenvalue weighted by Gasteiger charge is 2.42. The van der Waals surface area contributed by atoms with Gasteiger partial charge in [-0.05, 0) is 63.2 Å². The van der Waals surface area contributed by atoms with Gasteiger partial charge in [0.15, 0.2) is 0 Å². The summed E-state index contributed by atoms with van der Waals surface area (Å²) in [6.45, 7) is 2.28. The van der Waals surface area contributed by atoms with Gasteiger partial charge >= 0.3 is 0 Å². The Hall–Kier alpha value is -0.0800. The van der Waals surface area contributed by atoms with Crippen molar-refractivity contribution in [2.45, 2.75) is 108 Å². The average molecular weight is 294 g/mol. The lowest BCUT2D eigenvalue weighted by Crippen LogP contribution is -2.34. The first kappa shape index (κ1) is 15.8. The lowest BCUT2D eigenvalue weighted by Gasteiger charge is -2.36. The largest absolute Gasteiger partial charge is 0.393 e. The Morgan fingerprint density at radius 1 is 1.05 bits per heavy atom. The van der Waals surface area contributed by atoms with Crippen molar-refractivity contribution >= 4 is 0 Å². The second-order valence-corrected chi connectivity index (χ2v) is 8.05. The van der Waals surface area contributed by atoms with Crippen LogP contribution in [-0.2, 0) is 4.74 Å². The summed E-state index contributed by atoms with van der Waals surface area (Å²) in [5.41, 5.74) is 0.241. The third-order valence-electron chi connectivity index (χ3n) is 6.42. The van der Waals surface area contributed by atoms with E-state index in [1.54, 1.807) is 0 Å². The van der Waals surface area contributed by atoms with E-state index in [0.29, 0.717) is 12.0 Å². The normalized spacial score (nSPS) is 39.7. The van der Waals surface area contributed by atoms with Gasteiger partial charge in [0.05, 0.1) is 17.8 Å². The molecule has 122 valence electrons. The molecular formula is C19H34O2. The number of hydrogen-bond donors (Lipinski definition) is 1. The maximum Gasteiger partial charge on any atom is 0.0687 e. The number of aliphatic hydroxyl groups is 1. The molecule has 3 fully saturated rings. The summed E-state index contributed by atoms with van der Waals surface area (Å²) in [6.07, 6.45) is 16.8. The van der Waals surface area contributed by atoms with Crippen LogP contribution in [0.2, 0.25) is 0 Å². The quantitative estimate of drug-likeness (QED) is 0.804. The topological polar surface area (TPSA) is 29.5 Å². The SMILES string of the molecule is CCCC1CCC(O)C(CC2CCC3(CCCCC3)O2)C1. The molecule has 0 radical (unpaired) electrons. The molecule has 0 aromatic rings. The van der Waals surface area contributed by atoms with Gasteiger partial charge in [0.25, 0.3) is 0 Å². The summed E-state index contributed by atoms with van der Waals surface area (Å²) < 4.78 is 6.53. The fraction of sp³-hybridized carbons (Fsp3) is 1.00. The first-order valence-corrected chi connectivity index (χ1v) is 9.57. The number of ether oxygens (including phenoxy) is 1. The van der Waals surface area contributed by atoms with E-state index in [9.17, 15) is 5.11 Å². The van der Waals surface area contributed by atoms with E-state index in [0.717, 1.165) is 18.8 Å². The Bertz CT molecular complexity index is 322. The molecule has 1 saturated heterocycles. The maximum absolute atomic E-state index is 10.4. The first-order valence-electron chi connectivity index (χ1n) is 9.57. The van der Waals surface area contributed by atoms with Crippen molar-refractivity contribution in [3.8, 4) is 0 Å². The van der Waals surface area contributed by atoms with Gasteiger partial charge in [0, 0.05) is 0 Å². The highest BCUT2D eigenvalue weighted by atomic mass is 16.5. The molecule has 2 aliphatic carbocycles.